The minimum absolute atomic E-state index is 0.0836. The molecule has 0 saturated carbocycles. The van der Waals surface area contributed by atoms with Crippen LogP contribution in [-0.2, 0) is 11.2 Å². The minimum atomic E-state index is -0.188. The van der Waals surface area contributed by atoms with Gasteiger partial charge in [-0.3, -0.25) is 9.69 Å². The molecule has 1 unspecified atom stereocenters. The third kappa shape index (κ3) is 4.46. The van der Waals surface area contributed by atoms with E-state index >= 15 is 0 Å². The average Bonchev–Trinajstić information content (AvgIpc) is 2.48. The molecule has 0 spiro atoms. The van der Waals surface area contributed by atoms with Gasteiger partial charge < -0.3 is 10.4 Å². The van der Waals surface area contributed by atoms with E-state index in [9.17, 15) is 9.90 Å². The Morgan fingerprint density at radius 2 is 2.04 bits per heavy atom. The summed E-state index contributed by atoms with van der Waals surface area (Å²) in [6.07, 6.45) is 5.64. The van der Waals surface area contributed by atoms with Crippen LogP contribution in [0, 0.1) is 0 Å². The Bertz CT molecular complexity index is 538. The summed E-state index contributed by atoms with van der Waals surface area (Å²) in [4.78, 5) is 14.6. The summed E-state index contributed by atoms with van der Waals surface area (Å²) in [5.41, 5.74) is 1.13. The third-order valence-electron chi connectivity index (χ3n) is 5.05. The van der Waals surface area contributed by atoms with Gasteiger partial charge in [0.1, 0.15) is 0 Å². The van der Waals surface area contributed by atoms with Gasteiger partial charge in [0.15, 0.2) is 0 Å². The van der Waals surface area contributed by atoms with Crippen molar-refractivity contribution in [3.63, 3.8) is 0 Å². The normalized spacial score (nSPS) is 27.7. The standard InChI is InChI=1S/C18H25ClN2O2/c19-14-4-1-3-13(9-14)7-8-20-18(23)12-21-15-5-2-6-16(21)11-17(22)10-15/h1,3-4,9,15-17,22H,2,5-8,10-12H2,(H,20,23)/t15-,16+,17?. The van der Waals surface area contributed by atoms with Crippen molar-refractivity contribution >= 4 is 17.5 Å². The van der Waals surface area contributed by atoms with Crippen LogP contribution >= 0.6 is 11.6 Å². The predicted molar refractivity (Wildman–Crippen MR) is 91.5 cm³/mol. The van der Waals surface area contributed by atoms with Gasteiger partial charge in [-0.1, -0.05) is 30.2 Å². The lowest BCUT2D eigenvalue weighted by atomic mass is 9.83. The molecule has 2 heterocycles. The summed E-state index contributed by atoms with van der Waals surface area (Å²) in [6.45, 7) is 1.09. The number of benzene rings is 1. The number of carbonyl (C=O) groups excluding carboxylic acids is 1. The number of amides is 1. The maximum atomic E-state index is 12.2. The number of aliphatic hydroxyl groups excluding tert-OH is 1. The number of rotatable bonds is 5. The van der Waals surface area contributed by atoms with E-state index in [2.05, 4.69) is 10.2 Å². The quantitative estimate of drug-likeness (QED) is 0.868. The van der Waals surface area contributed by atoms with Crippen LogP contribution in [-0.4, -0.2) is 47.2 Å². The van der Waals surface area contributed by atoms with E-state index in [1.807, 2.05) is 24.3 Å². The SMILES string of the molecule is O=C(CN1[C@@H]2CCC[C@H]1CC(O)C2)NCCc1cccc(Cl)c1. The molecule has 2 N–H and O–H groups in total. The number of piperidine rings is 2. The molecule has 2 fully saturated rings. The molecule has 2 bridgehead atoms. The molecule has 0 radical (unpaired) electrons. The van der Waals surface area contributed by atoms with Crippen molar-refractivity contribution < 1.29 is 9.90 Å². The van der Waals surface area contributed by atoms with Crippen LogP contribution in [0.5, 0.6) is 0 Å². The first-order valence-electron chi connectivity index (χ1n) is 8.57. The molecular formula is C18H25ClN2O2. The summed E-state index contributed by atoms with van der Waals surface area (Å²) in [6, 6.07) is 8.48. The molecule has 2 saturated heterocycles. The van der Waals surface area contributed by atoms with Gasteiger partial charge in [-0.05, 0) is 49.8 Å². The van der Waals surface area contributed by atoms with Gasteiger partial charge >= 0.3 is 0 Å². The topological polar surface area (TPSA) is 52.6 Å². The van der Waals surface area contributed by atoms with Crippen LogP contribution in [0.15, 0.2) is 24.3 Å². The second-order valence-corrected chi connectivity index (χ2v) is 7.20. The lowest BCUT2D eigenvalue weighted by molar-refractivity contribution is -0.126. The molecule has 3 atom stereocenters. The number of fused-ring (bicyclic) bond motifs is 2. The zero-order valence-corrected chi connectivity index (χ0v) is 14.1. The zero-order valence-electron chi connectivity index (χ0n) is 13.4. The first-order chi connectivity index (χ1) is 11.1. The smallest absolute Gasteiger partial charge is 0.234 e. The fourth-order valence-electron chi connectivity index (χ4n) is 3.97. The Morgan fingerprint density at radius 1 is 1.30 bits per heavy atom. The predicted octanol–water partition coefficient (Wildman–Crippen LogP) is 2.38. The molecule has 2 aliphatic rings. The first-order valence-corrected chi connectivity index (χ1v) is 8.94. The molecular weight excluding hydrogens is 312 g/mol. The molecule has 0 aromatic heterocycles. The summed E-state index contributed by atoms with van der Waals surface area (Å²) in [5.74, 6) is 0.0836. The number of halogens is 1. The van der Waals surface area contributed by atoms with Gasteiger partial charge in [-0.25, -0.2) is 0 Å². The van der Waals surface area contributed by atoms with Gasteiger partial charge in [0, 0.05) is 23.7 Å². The van der Waals surface area contributed by atoms with Crippen LogP contribution < -0.4 is 5.32 Å². The van der Waals surface area contributed by atoms with Crippen molar-refractivity contribution in [2.45, 2.75) is 56.7 Å². The molecule has 23 heavy (non-hydrogen) atoms. The maximum absolute atomic E-state index is 12.2. The van der Waals surface area contributed by atoms with Crippen molar-refractivity contribution in [1.29, 1.82) is 0 Å². The molecule has 1 aromatic carbocycles. The number of nitrogens with one attached hydrogen (secondary N) is 1. The number of nitrogens with zero attached hydrogens (tertiary/aromatic N) is 1. The van der Waals surface area contributed by atoms with E-state index in [0.717, 1.165) is 42.7 Å². The fourth-order valence-corrected chi connectivity index (χ4v) is 4.18. The van der Waals surface area contributed by atoms with E-state index < -0.39 is 0 Å². The Labute approximate surface area is 142 Å². The lowest BCUT2D eigenvalue weighted by Gasteiger charge is -2.47. The molecule has 5 heteroatoms. The fraction of sp³-hybridized carbons (Fsp3) is 0.611. The van der Waals surface area contributed by atoms with E-state index in [1.165, 1.54) is 6.42 Å². The highest BCUT2D eigenvalue weighted by Crippen LogP contribution is 2.33. The molecule has 1 aromatic rings. The first kappa shape index (κ1) is 16.7. The van der Waals surface area contributed by atoms with Gasteiger partial charge in [0.2, 0.25) is 5.91 Å². The lowest BCUT2D eigenvalue weighted by Crippen LogP contribution is -2.56. The monoisotopic (exact) mass is 336 g/mol. The summed E-state index contributed by atoms with van der Waals surface area (Å²) in [5, 5.41) is 13.7. The van der Waals surface area contributed by atoms with Crippen LogP contribution in [0.2, 0.25) is 5.02 Å². The Balaban J connectivity index is 1.46. The molecule has 2 aliphatic heterocycles. The second-order valence-electron chi connectivity index (χ2n) is 6.77. The number of hydrogen-bond acceptors (Lipinski definition) is 3. The van der Waals surface area contributed by atoms with E-state index in [1.54, 1.807) is 0 Å². The van der Waals surface area contributed by atoms with E-state index in [0.29, 0.717) is 25.2 Å². The number of carbonyl (C=O) groups is 1. The Morgan fingerprint density at radius 3 is 2.74 bits per heavy atom. The number of hydrogen-bond donors (Lipinski definition) is 2. The highest BCUT2D eigenvalue weighted by molar-refractivity contribution is 6.30. The molecule has 126 valence electrons. The highest BCUT2D eigenvalue weighted by Gasteiger charge is 2.38. The summed E-state index contributed by atoms with van der Waals surface area (Å²) >= 11 is 5.97. The van der Waals surface area contributed by atoms with Gasteiger partial charge in [-0.15, -0.1) is 0 Å². The van der Waals surface area contributed by atoms with E-state index in [4.69, 9.17) is 11.6 Å². The second kappa shape index (κ2) is 7.65. The van der Waals surface area contributed by atoms with Crippen LogP contribution in [0.25, 0.3) is 0 Å². The van der Waals surface area contributed by atoms with Crippen molar-refractivity contribution in [2.75, 3.05) is 13.1 Å². The highest BCUT2D eigenvalue weighted by atomic mass is 35.5. The van der Waals surface area contributed by atoms with Crippen LogP contribution in [0.1, 0.15) is 37.7 Å². The molecule has 0 aliphatic carbocycles. The van der Waals surface area contributed by atoms with Crippen molar-refractivity contribution in [3.8, 4) is 0 Å². The average molecular weight is 337 g/mol. The largest absolute Gasteiger partial charge is 0.393 e. The summed E-state index contributed by atoms with van der Waals surface area (Å²) < 4.78 is 0. The maximum Gasteiger partial charge on any atom is 0.234 e. The van der Waals surface area contributed by atoms with Gasteiger partial charge in [0.25, 0.3) is 0 Å². The van der Waals surface area contributed by atoms with Crippen molar-refractivity contribution in [1.82, 2.24) is 10.2 Å². The summed E-state index contributed by atoms with van der Waals surface area (Å²) in [7, 11) is 0. The Hall–Kier alpha value is -1.10. The van der Waals surface area contributed by atoms with Crippen LogP contribution in [0.3, 0.4) is 0 Å². The third-order valence-corrected chi connectivity index (χ3v) is 5.29. The molecule has 3 rings (SSSR count). The van der Waals surface area contributed by atoms with Gasteiger partial charge in [-0.2, -0.15) is 0 Å². The Kier molecular flexibility index (Phi) is 5.57. The van der Waals surface area contributed by atoms with E-state index in [-0.39, 0.29) is 12.0 Å². The van der Waals surface area contributed by atoms with Crippen molar-refractivity contribution in [2.24, 2.45) is 0 Å². The van der Waals surface area contributed by atoms with Crippen molar-refractivity contribution in [3.05, 3.63) is 34.9 Å². The zero-order chi connectivity index (χ0) is 16.2. The van der Waals surface area contributed by atoms with Crippen LogP contribution in [0.4, 0.5) is 0 Å². The molecule has 4 nitrogen and oxygen atoms in total. The number of aliphatic hydroxyl groups is 1. The van der Waals surface area contributed by atoms with Gasteiger partial charge in [0.05, 0.1) is 12.6 Å². The minimum Gasteiger partial charge on any atom is -0.393 e. The molecule has 1 amide bonds.